The molecule has 4 nitrogen and oxygen atoms in total. The summed E-state index contributed by atoms with van der Waals surface area (Å²) in [7, 11) is 3.33. The molecule has 0 fully saturated rings. The maximum atomic E-state index is 5.24. The van der Waals surface area contributed by atoms with Crippen LogP contribution in [0.1, 0.15) is 11.1 Å². The van der Waals surface area contributed by atoms with Crippen LogP contribution in [0.4, 0.5) is 5.69 Å². The van der Waals surface area contributed by atoms with Crippen LogP contribution in [0.5, 0.6) is 5.88 Å². The summed E-state index contributed by atoms with van der Waals surface area (Å²) < 4.78 is 10.4. The van der Waals surface area contributed by atoms with Gasteiger partial charge in [-0.25, -0.2) is 4.98 Å². The zero-order valence-electron chi connectivity index (χ0n) is 11.2. The standard InChI is InChI=1S/C15H18N2O2/c1-18-11-13-6-3-4-8-14(13)17-10-12-7-5-9-16-15(12)19-2/h3-9,17H,10-11H2,1-2H3. The number of nitrogens with one attached hydrogen (secondary N) is 1. The third-order valence-electron chi connectivity index (χ3n) is 2.83. The predicted octanol–water partition coefficient (Wildman–Crippen LogP) is 2.85. The summed E-state index contributed by atoms with van der Waals surface area (Å²) in [6.45, 7) is 1.26. The van der Waals surface area contributed by atoms with Gasteiger partial charge in [-0.2, -0.15) is 0 Å². The smallest absolute Gasteiger partial charge is 0.218 e. The van der Waals surface area contributed by atoms with Crippen molar-refractivity contribution in [3.63, 3.8) is 0 Å². The fraction of sp³-hybridized carbons (Fsp3) is 0.267. The van der Waals surface area contributed by atoms with Gasteiger partial charge in [-0.05, 0) is 12.1 Å². The molecule has 19 heavy (non-hydrogen) atoms. The minimum absolute atomic E-state index is 0.591. The summed E-state index contributed by atoms with van der Waals surface area (Å²) in [6.07, 6.45) is 1.72. The second-order valence-electron chi connectivity index (χ2n) is 4.12. The predicted molar refractivity (Wildman–Crippen MR) is 75.3 cm³/mol. The molecule has 0 aliphatic rings. The number of ether oxygens (including phenoxy) is 2. The number of benzene rings is 1. The number of aromatic nitrogens is 1. The Bertz CT molecular complexity index is 529. The van der Waals surface area contributed by atoms with Gasteiger partial charge in [-0.15, -0.1) is 0 Å². The first-order valence-corrected chi connectivity index (χ1v) is 6.13. The highest BCUT2D eigenvalue weighted by Gasteiger charge is 2.05. The molecule has 0 atom stereocenters. The molecule has 100 valence electrons. The molecular formula is C15H18N2O2. The van der Waals surface area contributed by atoms with Crippen LogP contribution in [0.3, 0.4) is 0 Å². The second kappa shape index (κ2) is 6.75. The number of rotatable bonds is 6. The number of pyridine rings is 1. The van der Waals surface area contributed by atoms with E-state index in [2.05, 4.69) is 10.3 Å². The van der Waals surface area contributed by atoms with E-state index in [1.165, 1.54) is 0 Å². The fourth-order valence-electron chi connectivity index (χ4n) is 1.91. The highest BCUT2D eigenvalue weighted by atomic mass is 16.5. The minimum atomic E-state index is 0.591. The highest BCUT2D eigenvalue weighted by molar-refractivity contribution is 5.51. The largest absolute Gasteiger partial charge is 0.481 e. The maximum Gasteiger partial charge on any atom is 0.218 e. The lowest BCUT2D eigenvalue weighted by Gasteiger charge is -2.12. The minimum Gasteiger partial charge on any atom is -0.481 e. The Morgan fingerprint density at radius 2 is 1.84 bits per heavy atom. The molecule has 0 bridgehead atoms. The molecule has 2 rings (SSSR count). The van der Waals surface area contributed by atoms with E-state index >= 15 is 0 Å². The zero-order valence-corrected chi connectivity index (χ0v) is 11.2. The first kappa shape index (κ1) is 13.4. The second-order valence-corrected chi connectivity index (χ2v) is 4.12. The molecule has 4 heteroatoms. The van der Waals surface area contributed by atoms with E-state index in [-0.39, 0.29) is 0 Å². The lowest BCUT2D eigenvalue weighted by atomic mass is 10.2. The van der Waals surface area contributed by atoms with E-state index in [4.69, 9.17) is 9.47 Å². The zero-order chi connectivity index (χ0) is 13.5. The van der Waals surface area contributed by atoms with Gasteiger partial charge in [0, 0.05) is 36.7 Å². The number of methoxy groups -OCH3 is 2. The normalized spacial score (nSPS) is 10.2. The van der Waals surface area contributed by atoms with E-state index in [1.54, 1.807) is 20.4 Å². The van der Waals surface area contributed by atoms with Crippen LogP contribution in [0.2, 0.25) is 0 Å². The van der Waals surface area contributed by atoms with Crippen LogP contribution in [0, 0.1) is 0 Å². The van der Waals surface area contributed by atoms with Crippen LogP contribution in [0.15, 0.2) is 42.6 Å². The number of hydrogen-bond acceptors (Lipinski definition) is 4. The molecule has 0 aliphatic carbocycles. The molecule has 0 spiro atoms. The summed E-state index contributed by atoms with van der Waals surface area (Å²) in [4.78, 5) is 4.18. The monoisotopic (exact) mass is 258 g/mol. The Balaban J connectivity index is 2.10. The number of para-hydroxylation sites is 1. The van der Waals surface area contributed by atoms with Crippen molar-refractivity contribution in [2.24, 2.45) is 0 Å². The Kier molecular flexibility index (Phi) is 4.75. The molecule has 0 unspecified atom stereocenters. The molecule has 0 radical (unpaired) electrons. The summed E-state index contributed by atoms with van der Waals surface area (Å²) in [5, 5.41) is 3.39. The van der Waals surface area contributed by atoms with E-state index in [9.17, 15) is 0 Å². The molecule has 1 N–H and O–H groups in total. The number of nitrogens with zero attached hydrogens (tertiary/aromatic N) is 1. The average molecular weight is 258 g/mol. The first-order chi connectivity index (χ1) is 9.35. The van der Waals surface area contributed by atoms with Gasteiger partial charge < -0.3 is 14.8 Å². The van der Waals surface area contributed by atoms with Crippen molar-refractivity contribution >= 4 is 5.69 Å². The van der Waals surface area contributed by atoms with Crippen LogP contribution >= 0.6 is 0 Å². The van der Waals surface area contributed by atoms with E-state index < -0.39 is 0 Å². The summed E-state index contributed by atoms with van der Waals surface area (Å²) >= 11 is 0. The summed E-state index contributed by atoms with van der Waals surface area (Å²) in [5.41, 5.74) is 3.22. The summed E-state index contributed by atoms with van der Waals surface area (Å²) in [6, 6.07) is 12.0. The van der Waals surface area contributed by atoms with Crippen molar-refractivity contribution in [1.82, 2.24) is 4.98 Å². The molecule has 0 amide bonds. The third-order valence-corrected chi connectivity index (χ3v) is 2.83. The van der Waals surface area contributed by atoms with Crippen molar-refractivity contribution in [3.8, 4) is 5.88 Å². The van der Waals surface area contributed by atoms with Crippen LogP contribution < -0.4 is 10.1 Å². The molecule has 0 saturated heterocycles. The van der Waals surface area contributed by atoms with Gasteiger partial charge >= 0.3 is 0 Å². The molecule has 1 heterocycles. The Hall–Kier alpha value is -2.07. The van der Waals surface area contributed by atoms with Crippen molar-refractivity contribution in [2.45, 2.75) is 13.2 Å². The average Bonchev–Trinajstić information content (AvgIpc) is 2.47. The van der Waals surface area contributed by atoms with Crippen molar-refractivity contribution in [3.05, 3.63) is 53.7 Å². The van der Waals surface area contributed by atoms with Gasteiger partial charge in [0.25, 0.3) is 0 Å². The number of anilines is 1. The Labute approximate surface area is 113 Å². The van der Waals surface area contributed by atoms with Crippen LogP contribution in [0.25, 0.3) is 0 Å². The molecule has 0 saturated carbocycles. The SMILES string of the molecule is COCc1ccccc1NCc1cccnc1OC. The molecule has 1 aromatic heterocycles. The molecule has 1 aromatic carbocycles. The van der Waals surface area contributed by atoms with E-state index in [1.807, 2.05) is 36.4 Å². The van der Waals surface area contributed by atoms with Crippen molar-refractivity contribution in [1.29, 1.82) is 0 Å². The summed E-state index contributed by atoms with van der Waals surface area (Å²) in [5.74, 6) is 0.652. The van der Waals surface area contributed by atoms with Crippen molar-refractivity contribution < 1.29 is 9.47 Å². The van der Waals surface area contributed by atoms with Crippen molar-refractivity contribution in [2.75, 3.05) is 19.5 Å². The molecule has 0 aliphatic heterocycles. The third kappa shape index (κ3) is 3.45. The lowest BCUT2D eigenvalue weighted by molar-refractivity contribution is 0.185. The van der Waals surface area contributed by atoms with E-state index in [0.29, 0.717) is 19.0 Å². The lowest BCUT2D eigenvalue weighted by Crippen LogP contribution is -2.05. The van der Waals surface area contributed by atoms with Gasteiger partial charge in [0.05, 0.1) is 13.7 Å². The van der Waals surface area contributed by atoms with E-state index in [0.717, 1.165) is 16.8 Å². The molecular weight excluding hydrogens is 240 g/mol. The number of hydrogen-bond donors (Lipinski definition) is 1. The quantitative estimate of drug-likeness (QED) is 0.865. The fourth-order valence-corrected chi connectivity index (χ4v) is 1.91. The first-order valence-electron chi connectivity index (χ1n) is 6.13. The van der Waals surface area contributed by atoms with Gasteiger partial charge in [0.1, 0.15) is 0 Å². The Morgan fingerprint density at radius 3 is 2.63 bits per heavy atom. The van der Waals surface area contributed by atoms with Gasteiger partial charge in [0.15, 0.2) is 0 Å². The topological polar surface area (TPSA) is 43.4 Å². The van der Waals surface area contributed by atoms with Gasteiger partial charge in [-0.1, -0.05) is 24.3 Å². The van der Waals surface area contributed by atoms with Gasteiger partial charge in [0.2, 0.25) is 5.88 Å². The maximum absolute atomic E-state index is 5.24. The van der Waals surface area contributed by atoms with Gasteiger partial charge in [-0.3, -0.25) is 0 Å². The van der Waals surface area contributed by atoms with Crippen LogP contribution in [-0.2, 0) is 17.9 Å². The highest BCUT2D eigenvalue weighted by Crippen LogP contribution is 2.19. The van der Waals surface area contributed by atoms with Crippen LogP contribution in [-0.4, -0.2) is 19.2 Å². The molecule has 2 aromatic rings. The Morgan fingerprint density at radius 1 is 1.05 bits per heavy atom.